The summed E-state index contributed by atoms with van der Waals surface area (Å²) in [5.74, 6) is 0.764. The molecule has 1 unspecified atom stereocenters. The van der Waals surface area contributed by atoms with Crippen LogP contribution in [-0.2, 0) is 23.9 Å². The summed E-state index contributed by atoms with van der Waals surface area (Å²) in [6.45, 7) is 9.08. The van der Waals surface area contributed by atoms with Crippen LogP contribution in [0.15, 0.2) is 43.1 Å². The van der Waals surface area contributed by atoms with Crippen LogP contribution in [0.4, 0.5) is 11.6 Å². The molecule has 0 saturated carbocycles. The number of anilines is 2. The Hall–Kier alpha value is -4.23. The Bertz CT molecular complexity index is 1520. The van der Waals surface area contributed by atoms with Crippen LogP contribution in [0, 0.1) is 0 Å². The molecule has 1 fully saturated rings. The van der Waals surface area contributed by atoms with Gasteiger partial charge in [0.25, 0.3) is 5.91 Å². The van der Waals surface area contributed by atoms with Crippen LogP contribution < -0.4 is 10.6 Å². The van der Waals surface area contributed by atoms with Crippen LogP contribution in [0.2, 0.25) is 0 Å². The monoisotopic (exact) mass is 543 g/mol. The van der Waals surface area contributed by atoms with E-state index in [4.69, 9.17) is 4.74 Å². The number of benzene rings is 1. The van der Waals surface area contributed by atoms with Gasteiger partial charge in [0.15, 0.2) is 11.5 Å². The standard InChI is InChI=1S/C27H33N11O2/c1-27(2,3)38-13-23(34-35-38)25(39)32-22-7-8-37(20-14-40-15-20)11-18-9-17(5-6-21(18)22)24-28-16-29-26(33-24)31-19-10-30-36(4)12-19/h5-6,9-10,12-13,16,20,22H,7-8,11,14-15H2,1-4H3,(H,32,39)(H,28,29,31,33). The molecule has 208 valence electrons. The molecule has 0 aliphatic carbocycles. The van der Waals surface area contributed by atoms with Crippen LogP contribution >= 0.6 is 0 Å². The summed E-state index contributed by atoms with van der Waals surface area (Å²) in [5.41, 5.74) is 3.91. The number of aryl methyl sites for hydroxylation is 1. The van der Waals surface area contributed by atoms with Crippen LogP contribution in [0.1, 0.15) is 54.8 Å². The fourth-order valence-corrected chi connectivity index (χ4v) is 4.90. The molecular weight excluding hydrogens is 510 g/mol. The number of aromatic nitrogens is 8. The third-order valence-electron chi connectivity index (χ3n) is 7.24. The van der Waals surface area contributed by atoms with Crippen molar-refractivity contribution >= 4 is 17.5 Å². The Morgan fingerprint density at radius 1 is 1.15 bits per heavy atom. The maximum atomic E-state index is 13.2. The summed E-state index contributed by atoms with van der Waals surface area (Å²) in [5, 5.41) is 18.8. The van der Waals surface area contributed by atoms with Crippen molar-refractivity contribution in [2.75, 3.05) is 25.1 Å². The van der Waals surface area contributed by atoms with E-state index >= 15 is 0 Å². The predicted molar refractivity (Wildman–Crippen MR) is 147 cm³/mol. The summed E-state index contributed by atoms with van der Waals surface area (Å²) in [6.07, 6.45) is 7.53. The van der Waals surface area contributed by atoms with Crippen molar-refractivity contribution in [1.29, 1.82) is 0 Å². The highest BCUT2D eigenvalue weighted by Gasteiger charge is 2.32. The van der Waals surface area contributed by atoms with Crippen LogP contribution in [0.3, 0.4) is 0 Å². The van der Waals surface area contributed by atoms with Crippen molar-refractivity contribution in [3.63, 3.8) is 0 Å². The second-order valence-electron chi connectivity index (χ2n) is 11.3. The number of rotatable bonds is 6. The van der Waals surface area contributed by atoms with E-state index in [0.717, 1.165) is 55.1 Å². The molecule has 1 atom stereocenters. The number of fused-ring (bicyclic) bond motifs is 1. The molecule has 40 heavy (non-hydrogen) atoms. The SMILES string of the molecule is Cn1cc(Nc2ncnc(-c3ccc4c(c3)CN(C3COC3)CCC4NC(=O)c3cn(C(C)(C)C)nn3)n2)cn1. The van der Waals surface area contributed by atoms with E-state index in [0.29, 0.717) is 23.5 Å². The Morgan fingerprint density at radius 2 is 2.00 bits per heavy atom. The highest BCUT2D eigenvalue weighted by Crippen LogP contribution is 2.32. The fraction of sp³-hybridized carbons (Fsp3) is 0.444. The van der Waals surface area contributed by atoms with Gasteiger partial charge in [-0.3, -0.25) is 14.4 Å². The molecule has 2 aliphatic heterocycles. The molecule has 1 amide bonds. The van der Waals surface area contributed by atoms with Gasteiger partial charge in [-0.1, -0.05) is 17.3 Å². The largest absolute Gasteiger partial charge is 0.378 e. The van der Waals surface area contributed by atoms with E-state index in [1.807, 2.05) is 40.1 Å². The fourth-order valence-electron chi connectivity index (χ4n) is 4.90. The highest BCUT2D eigenvalue weighted by atomic mass is 16.5. The lowest BCUT2D eigenvalue weighted by atomic mass is 9.96. The van der Waals surface area contributed by atoms with Gasteiger partial charge in [0.05, 0.1) is 48.9 Å². The van der Waals surface area contributed by atoms with E-state index < -0.39 is 0 Å². The summed E-state index contributed by atoms with van der Waals surface area (Å²) in [6, 6.07) is 6.37. The first-order chi connectivity index (χ1) is 19.2. The third-order valence-corrected chi connectivity index (χ3v) is 7.24. The zero-order valence-electron chi connectivity index (χ0n) is 23.1. The van der Waals surface area contributed by atoms with Gasteiger partial charge < -0.3 is 15.4 Å². The summed E-state index contributed by atoms with van der Waals surface area (Å²) in [7, 11) is 1.85. The van der Waals surface area contributed by atoms with E-state index in [1.54, 1.807) is 21.8 Å². The van der Waals surface area contributed by atoms with Gasteiger partial charge in [0, 0.05) is 31.9 Å². The molecule has 4 aromatic rings. The normalized spacial score (nSPS) is 18.1. The molecule has 3 aromatic heterocycles. The van der Waals surface area contributed by atoms with Crippen LogP contribution in [0.25, 0.3) is 11.4 Å². The quantitative estimate of drug-likeness (QED) is 0.372. The first-order valence-corrected chi connectivity index (χ1v) is 13.4. The molecule has 2 N–H and O–H groups in total. The van der Waals surface area contributed by atoms with Crippen LogP contribution in [-0.4, -0.2) is 76.3 Å². The van der Waals surface area contributed by atoms with Gasteiger partial charge in [-0.2, -0.15) is 10.1 Å². The van der Waals surface area contributed by atoms with Crippen molar-refractivity contribution in [3.05, 3.63) is 59.9 Å². The molecule has 13 nitrogen and oxygen atoms in total. The minimum Gasteiger partial charge on any atom is -0.378 e. The second-order valence-corrected chi connectivity index (χ2v) is 11.3. The van der Waals surface area contributed by atoms with Gasteiger partial charge in [0.1, 0.15) is 6.33 Å². The highest BCUT2D eigenvalue weighted by molar-refractivity contribution is 5.92. The number of amides is 1. The lowest BCUT2D eigenvalue weighted by molar-refractivity contribution is -0.0678. The number of nitrogens with zero attached hydrogens (tertiary/aromatic N) is 9. The molecule has 1 aromatic carbocycles. The first kappa shape index (κ1) is 26.0. The average molecular weight is 544 g/mol. The zero-order valence-corrected chi connectivity index (χ0v) is 23.1. The molecular formula is C27H33N11O2. The Morgan fingerprint density at radius 3 is 2.70 bits per heavy atom. The van der Waals surface area contributed by atoms with Crippen LogP contribution in [0.5, 0.6) is 0 Å². The number of ether oxygens (including phenoxy) is 1. The predicted octanol–water partition coefficient (Wildman–Crippen LogP) is 2.44. The summed E-state index contributed by atoms with van der Waals surface area (Å²) < 4.78 is 8.90. The number of hydrogen-bond acceptors (Lipinski definition) is 10. The summed E-state index contributed by atoms with van der Waals surface area (Å²) >= 11 is 0. The van der Waals surface area contributed by atoms with Gasteiger partial charge in [-0.15, -0.1) is 5.10 Å². The molecule has 5 heterocycles. The number of carbonyl (C=O) groups is 1. The average Bonchev–Trinajstić information content (AvgIpc) is 3.51. The zero-order chi connectivity index (χ0) is 27.9. The summed E-state index contributed by atoms with van der Waals surface area (Å²) in [4.78, 5) is 29.0. The van der Waals surface area contributed by atoms with E-state index in [9.17, 15) is 4.79 Å². The van der Waals surface area contributed by atoms with Gasteiger partial charge in [0.2, 0.25) is 5.95 Å². The van der Waals surface area contributed by atoms with E-state index in [1.165, 1.54) is 6.33 Å². The number of hydrogen-bond donors (Lipinski definition) is 2. The molecule has 0 radical (unpaired) electrons. The van der Waals surface area contributed by atoms with Gasteiger partial charge in [-0.05, 0) is 44.4 Å². The maximum Gasteiger partial charge on any atom is 0.273 e. The first-order valence-electron chi connectivity index (χ1n) is 13.4. The minimum absolute atomic E-state index is 0.177. The second kappa shape index (κ2) is 10.4. The molecule has 6 rings (SSSR count). The smallest absolute Gasteiger partial charge is 0.273 e. The molecule has 0 bridgehead atoms. The van der Waals surface area contributed by atoms with Crippen molar-refractivity contribution < 1.29 is 9.53 Å². The van der Waals surface area contributed by atoms with E-state index in [-0.39, 0.29) is 17.5 Å². The molecule has 2 aliphatic rings. The van der Waals surface area contributed by atoms with Gasteiger partial charge >= 0.3 is 0 Å². The third kappa shape index (κ3) is 5.42. The Kier molecular flexibility index (Phi) is 6.76. The number of nitrogens with one attached hydrogen (secondary N) is 2. The van der Waals surface area contributed by atoms with E-state index in [2.05, 4.69) is 58.0 Å². The maximum absolute atomic E-state index is 13.2. The number of carbonyl (C=O) groups excluding carboxylic acids is 1. The lowest BCUT2D eigenvalue weighted by Gasteiger charge is -2.36. The van der Waals surface area contributed by atoms with Gasteiger partial charge in [-0.25, -0.2) is 14.6 Å². The molecule has 1 saturated heterocycles. The topological polar surface area (TPSA) is 141 Å². The minimum atomic E-state index is -0.259. The van der Waals surface area contributed by atoms with Crippen molar-refractivity contribution in [2.45, 2.75) is 51.4 Å². The molecule has 13 heteroatoms. The van der Waals surface area contributed by atoms with Crippen molar-refractivity contribution in [1.82, 2.24) is 49.9 Å². The molecule has 0 spiro atoms. The van der Waals surface area contributed by atoms with Crippen molar-refractivity contribution in [3.8, 4) is 11.4 Å². The van der Waals surface area contributed by atoms with Crippen molar-refractivity contribution in [2.24, 2.45) is 7.05 Å². The Labute approximate surface area is 232 Å². The lowest BCUT2D eigenvalue weighted by Crippen LogP contribution is -2.48. The Balaban J connectivity index is 1.28.